The number of amides is 1. The van der Waals surface area contributed by atoms with Crippen LogP contribution in [0, 0.1) is 0 Å². The number of hydrogen-bond acceptors (Lipinski definition) is 3. The molecule has 3 aliphatic rings. The second-order valence-electron chi connectivity index (χ2n) is 6.55. The van der Waals surface area contributed by atoms with Gasteiger partial charge in [-0.25, -0.2) is 0 Å². The first-order chi connectivity index (χ1) is 10.3. The van der Waals surface area contributed by atoms with Crippen LogP contribution in [0.1, 0.15) is 32.1 Å². The molecule has 2 aliphatic heterocycles. The number of carbonyl (C=O) groups excluding carboxylic acids is 1. The molecule has 1 aromatic rings. The van der Waals surface area contributed by atoms with Gasteiger partial charge in [-0.3, -0.25) is 9.69 Å². The lowest BCUT2D eigenvalue weighted by molar-refractivity contribution is -0.117. The lowest BCUT2D eigenvalue weighted by atomic mass is 10.2. The van der Waals surface area contributed by atoms with E-state index in [4.69, 9.17) is 0 Å². The fraction of sp³-hybridized carbons (Fsp3) is 0.588. The van der Waals surface area contributed by atoms with Crippen molar-refractivity contribution in [2.24, 2.45) is 0 Å². The van der Waals surface area contributed by atoms with Crippen molar-refractivity contribution >= 4 is 17.3 Å². The van der Waals surface area contributed by atoms with E-state index >= 15 is 0 Å². The molecule has 4 rings (SSSR count). The fourth-order valence-electron chi connectivity index (χ4n) is 3.57. The van der Waals surface area contributed by atoms with E-state index in [0.29, 0.717) is 12.5 Å². The summed E-state index contributed by atoms with van der Waals surface area (Å²) >= 11 is 0. The Morgan fingerprint density at radius 3 is 2.52 bits per heavy atom. The molecule has 1 saturated carbocycles. The zero-order chi connectivity index (χ0) is 14.2. The Balaban J connectivity index is 1.36. The molecule has 0 bridgehead atoms. The largest absolute Gasteiger partial charge is 0.381 e. The molecular formula is C17H23N3O. The van der Waals surface area contributed by atoms with Crippen LogP contribution < -0.4 is 10.2 Å². The Labute approximate surface area is 126 Å². The molecule has 1 N–H and O–H groups in total. The average molecular weight is 285 g/mol. The zero-order valence-corrected chi connectivity index (χ0v) is 12.4. The number of likely N-dealkylation sites (tertiary alicyclic amines) is 1. The van der Waals surface area contributed by atoms with E-state index in [1.807, 2.05) is 4.90 Å². The molecular weight excluding hydrogens is 262 g/mol. The monoisotopic (exact) mass is 285 g/mol. The highest BCUT2D eigenvalue weighted by atomic mass is 16.2. The lowest BCUT2D eigenvalue weighted by Gasteiger charge is -2.18. The smallest absolute Gasteiger partial charge is 0.227 e. The second-order valence-corrected chi connectivity index (χ2v) is 6.55. The van der Waals surface area contributed by atoms with Gasteiger partial charge in [-0.2, -0.15) is 0 Å². The van der Waals surface area contributed by atoms with Gasteiger partial charge in [-0.1, -0.05) is 0 Å². The predicted octanol–water partition coefficient (Wildman–Crippen LogP) is 2.46. The van der Waals surface area contributed by atoms with Gasteiger partial charge in [0, 0.05) is 49.5 Å². The van der Waals surface area contributed by atoms with Crippen molar-refractivity contribution in [1.82, 2.24) is 4.90 Å². The summed E-state index contributed by atoms with van der Waals surface area (Å²) in [5.74, 6) is 0.256. The van der Waals surface area contributed by atoms with Crippen LogP contribution >= 0.6 is 0 Å². The zero-order valence-electron chi connectivity index (χ0n) is 12.4. The number of nitrogens with one attached hydrogen (secondary N) is 1. The van der Waals surface area contributed by atoms with Crippen molar-refractivity contribution in [1.29, 1.82) is 0 Å². The van der Waals surface area contributed by atoms with Gasteiger partial charge >= 0.3 is 0 Å². The maximum atomic E-state index is 11.7. The van der Waals surface area contributed by atoms with E-state index in [1.165, 1.54) is 38.0 Å². The van der Waals surface area contributed by atoms with Gasteiger partial charge in [0.25, 0.3) is 0 Å². The highest BCUT2D eigenvalue weighted by Crippen LogP contribution is 2.31. The summed E-state index contributed by atoms with van der Waals surface area (Å²) in [6.45, 7) is 3.28. The van der Waals surface area contributed by atoms with Gasteiger partial charge in [0.05, 0.1) is 0 Å². The quantitative estimate of drug-likeness (QED) is 0.923. The molecule has 2 saturated heterocycles. The van der Waals surface area contributed by atoms with Crippen LogP contribution in [0.4, 0.5) is 11.4 Å². The molecule has 0 spiro atoms. The lowest BCUT2D eigenvalue weighted by Crippen LogP contribution is -2.27. The van der Waals surface area contributed by atoms with Gasteiger partial charge in [-0.05, 0) is 49.9 Å². The van der Waals surface area contributed by atoms with Crippen molar-refractivity contribution in [3.63, 3.8) is 0 Å². The van der Waals surface area contributed by atoms with Crippen molar-refractivity contribution in [3.8, 4) is 0 Å². The molecule has 3 fully saturated rings. The van der Waals surface area contributed by atoms with Crippen LogP contribution in [0.2, 0.25) is 0 Å². The summed E-state index contributed by atoms with van der Waals surface area (Å²) in [6.07, 6.45) is 5.70. The van der Waals surface area contributed by atoms with Gasteiger partial charge < -0.3 is 10.2 Å². The highest BCUT2D eigenvalue weighted by molar-refractivity contribution is 5.95. The Hall–Kier alpha value is -1.55. The Bertz CT molecular complexity index is 523. The first kappa shape index (κ1) is 13.1. The fourth-order valence-corrected chi connectivity index (χ4v) is 3.57. The van der Waals surface area contributed by atoms with Gasteiger partial charge in [0.2, 0.25) is 5.91 Å². The van der Waals surface area contributed by atoms with E-state index in [0.717, 1.165) is 24.7 Å². The van der Waals surface area contributed by atoms with Crippen LogP contribution in [-0.2, 0) is 4.79 Å². The third kappa shape index (κ3) is 2.77. The molecule has 1 amide bonds. The van der Waals surface area contributed by atoms with Crippen LogP contribution in [0.5, 0.6) is 0 Å². The average Bonchev–Trinajstić information content (AvgIpc) is 3.10. The molecule has 112 valence electrons. The first-order valence-electron chi connectivity index (χ1n) is 8.20. The van der Waals surface area contributed by atoms with Crippen molar-refractivity contribution in [2.45, 2.75) is 44.2 Å². The van der Waals surface area contributed by atoms with Crippen LogP contribution in [0.3, 0.4) is 0 Å². The Morgan fingerprint density at radius 1 is 1.05 bits per heavy atom. The van der Waals surface area contributed by atoms with Gasteiger partial charge in [-0.15, -0.1) is 0 Å². The second kappa shape index (κ2) is 5.34. The molecule has 21 heavy (non-hydrogen) atoms. The van der Waals surface area contributed by atoms with Crippen LogP contribution in [-0.4, -0.2) is 42.5 Å². The maximum absolute atomic E-state index is 11.7. The number of carbonyl (C=O) groups is 1. The molecule has 1 aromatic carbocycles. The minimum absolute atomic E-state index is 0.256. The summed E-state index contributed by atoms with van der Waals surface area (Å²) in [5, 5.41) is 3.64. The van der Waals surface area contributed by atoms with Gasteiger partial charge in [0.1, 0.15) is 0 Å². The third-order valence-electron chi connectivity index (χ3n) is 4.91. The van der Waals surface area contributed by atoms with Crippen LogP contribution in [0.15, 0.2) is 24.3 Å². The molecule has 1 unspecified atom stereocenters. The van der Waals surface area contributed by atoms with Gasteiger partial charge in [0.15, 0.2) is 0 Å². The SMILES string of the molecule is O=C1CCCN1c1ccc(NC2CCN(C3CC3)C2)cc1. The topological polar surface area (TPSA) is 35.6 Å². The van der Waals surface area contributed by atoms with Crippen molar-refractivity contribution in [3.05, 3.63) is 24.3 Å². The van der Waals surface area contributed by atoms with E-state index in [9.17, 15) is 4.79 Å². The first-order valence-corrected chi connectivity index (χ1v) is 8.20. The standard InChI is InChI=1S/C17H23N3O/c21-17-2-1-10-20(17)16-5-3-13(4-6-16)18-14-9-11-19(12-14)15-7-8-15/h3-6,14-15,18H,1-2,7-12H2. The minimum Gasteiger partial charge on any atom is -0.381 e. The summed E-state index contributed by atoms with van der Waals surface area (Å²) in [6, 6.07) is 9.81. The van der Waals surface area contributed by atoms with Crippen molar-refractivity contribution < 1.29 is 4.79 Å². The Kier molecular flexibility index (Phi) is 3.34. The maximum Gasteiger partial charge on any atom is 0.227 e. The number of benzene rings is 1. The Morgan fingerprint density at radius 2 is 1.86 bits per heavy atom. The molecule has 4 nitrogen and oxygen atoms in total. The molecule has 0 aromatic heterocycles. The summed E-state index contributed by atoms with van der Waals surface area (Å²) in [5.41, 5.74) is 2.21. The van der Waals surface area contributed by atoms with Crippen molar-refractivity contribution in [2.75, 3.05) is 29.9 Å². The van der Waals surface area contributed by atoms with E-state index < -0.39 is 0 Å². The van der Waals surface area contributed by atoms with E-state index in [2.05, 4.69) is 34.5 Å². The summed E-state index contributed by atoms with van der Waals surface area (Å²) < 4.78 is 0. The predicted molar refractivity (Wildman–Crippen MR) is 84.7 cm³/mol. The number of nitrogens with zero attached hydrogens (tertiary/aromatic N) is 2. The molecule has 2 heterocycles. The van der Waals surface area contributed by atoms with E-state index in [1.54, 1.807) is 0 Å². The number of hydrogen-bond donors (Lipinski definition) is 1. The van der Waals surface area contributed by atoms with E-state index in [-0.39, 0.29) is 5.91 Å². The third-order valence-corrected chi connectivity index (χ3v) is 4.91. The van der Waals surface area contributed by atoms with Crippen LogP contribution in [0.25, 0.3) is 0 Å². The normalized spacial score (nSPS) is 26.6. The molecule has 0 radical (unpaired) electrons. The number of rotatable bonds is 4. The number of anilines is 2. The molecule has 1 atom stereocenters. The molecule has 4 heteroatoms. The molecule has 1 aliphatic carbocycles. The minimum atomic E-state index is 0.256. The highest BCUT2D eigenvalue weighted by Gasteiger charge is 2.34. The summed E-state index contributed by atoms with van der Waals surface area (Å²) in [4.78, 5) is 16.3. The summed E-state index contributed by atoms with van der Waals surface area (Å²) in [7, 11) is 0.